The first-order valence-corrected chi connectivity index (χ1v) is 7.16. The van der Waals surface area contributed by atoms with Crippen LogP contribution in [0.25, 0.3) is 0 Å². The molecule has 1 aromatic carbocycles. The SMILES string of the molecule is O=C(COC1CCNCC1)NC1COc2ccccc21. The third kappa shape index (κ3) is 3.11. The summed E-state index contributed by atoms with van der Waals surface area (Å²) in [4.78, 5) is 11.9. The molecule has 5 heteroatoms. The van der Waals surface area contributed by atoms with Crippen LogP contribution in [0.5, 0.6) is 5.75 Å². The standard InChI is InChI=1S/C15H20N2O3/c18-15(10-19-11-5-7-16-8-6-11)17-13-9-20-14-4-2-1-3-12(13)14/h1-4,11,13,16H,5-10H2,(H,17,18). The Labute approximate surface area is 118 Å². The average Bonchev–Trinajstić information content (AvgIpc) is 2.90. The first-order chi connectivity index (χ1) is 9.83. The fourth-order valence-corrected chi connectivity index (χ4v) is 2.67. The van der Waals surface area contributed by atoms with Gasteiger partial charge in [0.25, 0.3) is 0 Å². The zero-order chi connectivity index (χ0) is 13.8. The zero-order valence-electron chi connectivity index (χ0n) is 11.4. The van der Waals surface area contributed by atoms with Gasteiger partial charge in [0.2, 0.25) is 5.91 Å². The molecular weight excluding hydrogens is 256 g/mol. The molecule has 1 amide bonds. The summed E-state index contributed by atoms with van der Waals surface area (Å²) in [5, 5.41) is 6.25. The van der Waals surface area contributed by atoms with Gasteiger partial charge in [-0.05, 0) is 32.0 Å². The smallest absolute Gasteiger partial charge is 0.246 e. The van der Waals surface area contributed by atoms with Crippen molar-refractivity contribution in [3.05, 3.63) is 29.8 Å². The van der Waals surface area contributed by atoms with Crippen molar-refractivity contribution in [1.29, 1.82) is 0 Å². The predicted octanol–water partition coefficient (Wildman–Crippen LogP) is 1.00. The van der Waals surface area contributed by atoms with E-state index in [0.717, 1.165) is 37.2 Å². The van der Waals surface area contributed by atoms with Crippen LogP contribution in [0.3, 0.4) is 0 Å². The van der Waals surface area contributed by atoms with Crippen LogP contribution < -0.4 is 15.4 Å². The Balaban J connectivity index is 1.47. The molecule has 0 aromatic heterocycles. The van der Waals surface area contributed by atoms with Crippen LogP contribution in [-0.2, 0) is 9.53 Å². The maximum atomic E-state index is 11.9. The van der Waals surface area contributed by atoms with Crippen LogP contribution in [-0.4, -0.2) is 38.3 Å². The molecule has 0 aliphatic carbocycles. The number of para-hydroxylation sites is 1. The number of fused-ring (bicyclic) bond motifs is 1. The third-order valence-electron chi connectivity index (χ3n) is 3.77. The number of carbonyl (C=O) groups excluding carboxylic acids is 1. The number of rotatable bonds is 4. The van der Waals surface area contributed by atoms with Gasteiger partial charge in [0.15, 0.2) is 0 Å². The molecule has 3 rings (SSSR count). The molecule has 2 aliphatic heterocycles. The normalized spacial score (nSPS) is 22.1. The summed E-state index contributed by atoms with van der Waals surface area (Å²) in [6, 6.07) is 7.74. The van der Waals surface area contributed by atoms with Gasteiger partial charge < -0.3 is 20.1 Å². The topological polar surface area (TPSA) is 59.6 Å². The molecule has 2 heterocycles. The summed E-state index contributed by atoms with van der Waals surface area (Å²) in [6.07, 6.45) is 2.15. The molecule has 1 atom stereocenters. The van der Waals surface area contributed by atoms with E-state index in [1.807, 2.05) is 24.3 Å². The van der Waals surface area contributed by atoms with Crippen molar-refractivity contribution in [1.82, 2.24) is 10.6 Å². The van der Waals surface area contributed by atoms with Crippen LogP contribution in [0, 0.1) is 0 Å². The molecule has 2 N–H and O–H groups in total. The van der Waals surface area contributed by atoms with Crippen molar-refractivity contribution in [2.75, 3.05) is 26.3 Å². The predicted molar refractivity (Wildman–Crippen MR) is 74.7 cm³/mol. The quantitative estimate of drug-likeness (QED) is 0.861. The van der Waals surface area contributed by atoms with Gasteiger partial charge in [0.05, 0.1) is 12.1 Å². The van der Waals surface area contributed by atoms with E-state index in [1.54, 1.807) is 0 Å². The molecule has 2 aliphatic rings. The van der Waals surface area contributed by atoms with Crippen molar-refractivity contribution in [2.45, 2.75) is 25.0 Å². The number of carbonyl (C=O) groups is 1. The van der Waals surface area contributed by atoms with Crippen molar-refractivity contribution >= 4 is 5.91 Å². The number of ether oxygens (including phenoxy) is 2. The van der Waals surface area contributed by atoms with E-state index in [4.69, 9.17) is 9.47 Å². The average molecular weight is 276 g/mol. The minimum absolute atomic E-state index is 0.0599. The highest BCUT2D eigenvalue weighted by Crippen LogP contribution is 2.31. The Morgan fingerprint density at radius 1 is 1.35 bits per heavy atom. The van der Waals surface area contributed by atoms with Gasteiger partial charge in [-0.1, -0.05) is 18.2 Å². The minimum atomic E-state index is -0.0752. The lowest BCUT2D eigenvalue weighted by atomic mass is 10.1. The second-order valence-electron chi connectivity index (χ2n) is 5.23. The highest BCUT2D eigenvalue weighted by atomic mass is 16.5. The summed E-state index contributed by atoms with van der Waals surface area (Å²) in [7, 11) is 0. The Kier molecular flexibility index (Phi) is 4.18. The Bertz CT molecular complexity index is 472. The van der Waals surface area contributed by atoms with E-state index in [0.29, 0.717) is 6.61 Å². The van der Waals surface area contributed by atoms with Crippen LogP contribution in [0.2, 0.25) is 0 Å². The van der Waals surface area contributed by atoms with Crippen molar-refractivity contribution in [2.24, 2.45) is 0 Å². The van der Waals surface area contributed by atoms with Crippen molar-refractivity contribution in [3.8, 4) is 5.75 Å². The summed E-state index contributed by atoms with van der Waals surface area (Å²) in [5.74, 6) is 0.783. The summed E-state index contributed by atoms with van der Waals surface area (Å²) in [6.45, 7) is 2.56. The molecule has 108 valence electrons. The highest BCUT2D eigenvalue weighted by Gasteiger charge is 2.25. The maximum Gasteiger partial charge on any atom is 0.246 e. The van der Waals surface area contributed by atoms with Gasteiger partial charge in [0, 0.05) is 5.56 Å². The van der Waals surface area contributed by atoms with Gasteiger partial charge >= 0.3 is 0 Å². The van der Waals surface area contributed by atoms with Gasteiger partial charge in [0.1, 0.15) is 19.0 Å². The second kappa shape index (κ2) is 6.24. The number of hydrogen-bond acceptors (Lipinski definition) is 4. The monoisotopic (exact) mass is 276 g/mol. The van der Waals surface area contributed by atoms with E-state index in [1.165, 1.54) is 0 Å². The summed E-state index contributed by atoms with van der Waals surface area (Å²) >= 11 is 0. The molecule has 0 saturated carbocycles. The third-order valence-corrected chi connectivity index (χ3v) is 3.77. The minimum Gasteiger partial charge on any atom is -0.491 e. The molecular formula is C15H20N2O3. The Morgan fingerprint density at radius 2 is 2.15 bits per heavy atom. The van der Waals surface area contributed by atoms with Crippen LogP contribution in [0.15, 0.2) is 24.3 Å². The summed E-state index contributed by atoms with van der Waals surface area (Å²) in [5.41, 5.74) is 1.04. The number of hydrogen-bond donors (Lipinski definition) is 2. The van der Waals surface area contributed by atoms with E-state index >= 15 is 0 Å². The maximum absolute atomic E-state index is 11.9. The number of amides is 1. The fraction of sp³-hybridized carbons (Fsp3) is 0.533. The molecule has 5 nitrogen and oxygen atoms in total. The lowest BCUT2D eigenvalue weighted by Gasteiger charge is -2.23. The van der Waals surface area contributed by atoms with E-state index in [2.05, 4.69) is 10.6 Å². The first-order valence-electron chi connectivity index (χ1n) is 7.16. The molecule has 0 bridgehead atoms. The lowest BCUT2D eigenvalue weighted by molar-refractivity contribution is -0.129. The molecule has 0 spiro atoms. The fourth-order valence-electron chi connectivity index (χ4n) is 2.67. The van der Waals surface area contributed by atoms with Crippen LogP contribution >= 0.6 is 0 Å². The number of piperidine rings is 1. The molecule has 1 aromatic rings. The van der Waals surface area contributed by atoms with E-state index in [9.17, 15) is 4.79 Å². The van der Waals surface area contributed by atoms with E-state index < -0.39 is 0 Å². The Hall–Kier alpha value is -1.59. The lowest BCUT2D eigenvalue weighted by Crippen LogP contribution is -2.37. The zero-order valence-corrected chi connectivity index (χ0v) is 11.4. The van der Waals surface area contributed by atoms with E-state index in [-0.39, 0.29) is 24.7 Å². The summed E-state index contributed by atoms with van der Waals surface area (Å²) < 4.78 is 11.2. The van der Waals surface area contributed by atoms with Gasteiger partial charge in [-0.3, -0.25) is 4.79 Å². The molecule has 0 radical (unpaired) electrons. The molecule has 1 fully saturated rings. The van der Waals surface area contributed by atoms with Crippen molar-refractivity contribution < 1.29 is 14.3 Å². The second-order valence-corrected chi connectivity index (χ2v) is 5.23. The molecule has 1 saturated heterocycles. The number of benzene rings is 1. The van der Waals surface area contributed by atoms with Gasteiger partial charge in [-0.15, -0.1) is 0 Å². The molecule has 1 unspecified atom stereocenters. The van der Waals surface area contributed by atoms with Gasteiger partial charge in [-0.2, -0.15) is 0 Å². The van der Waals surface area contributed by atoms with Gasteiger partial charge in [-0.25, -0.2) is 0 Å². The van der Waals surface area contributed by atoms with Crippen molar-refractivity contribution in [3.63, 3.8) is 0 Å². The first kappa shape index (κ1) is 13.4. The highest BCUT2D eigenvalue weighted by molar-refractivity contribution is 5.78. The largest absolute Gasteiger partial charge is 0.491 e. The van der Waals surface area contributed by atoms with Crippen LogP contribution in [0.1, 0.15) is 24.4 Å². The van der Waals surface area contributed by atoms with Crippen LogP contribution in [0.4, 0.5) is 0 Å². The molecule has 20 heavy (non-hydrogen) atoms. The number of nitrogens with one attached hydrogen (secondary N) is 2. The Morgan fingerprint density at radius 3 is 3.00 bits per heavy atom.